The number of aldehydes is 1. The number of halogens is 1. The number of ether oxygens (including phenoxy) is 1. The smallest absolute Gasteiger partial charge is 0.165 e. The highest BCUT2D eigenvalue weighted by Crippen LogP contribution is 2.28. The van der Waals surface area contributed by atoms with Crippen LogP contribution in [0.5, 0.6) is 5.75 Å². The van der Waals surface area contributed by atoms with Crippen LogP contribution in [-0.4, -0.2) is 12.9 Å². The second-order valence-corrected chi connectivity index (χ2v) is 3.88. The van der Waals surface area contributed by atoms with Crippen LogP contribution in [0.4, 0.5) is 4.39 Å². The summed E-state index contributed by atoms with van der Waals surface area (Å²) in [5.74, 6) is 0.169. The molecular formula is C12H13FO2. The summed E-state index contributed by atoms with van der Waals surface area (Å²) in [4.78, 5) is 10.7. The highest BCUT2D eigenvalue weighted by atomic mass is 19.1. The largest absolute Gasteiger partial charge is 0.489 e. The van der Waals surface area contributed by atoms with Crippen molar-refractivity contribution in [1.29, 1.82) is 0 Å². The molecule has 2 rings (SSSR count). The third-order valence-corrected chi connectivity index (χ3v) is 2.81. The Labute approximate surface area is 88.1 Å². The van der Waals surface area contributed by atoms with Crippen LogP contribution in [0.25, 0.3) is 0 Å². The second kappa shape index (κ2) is 4.43. The van der Waals surface area contributed by atoms with Crippen molar-refractivity contribution in [2.24, 2.45) is 5.92 Å². The van der Waals surface area contributed by atoms with Crippen LogP contribution in [0, 0.1) is 11.7 Å². The minimum Gasteiger partial charge on any atom is -0.489 e. The van der Waals surface area contributed by atoms with E-state index < -0.39 is 5.82 Å². The maximum Gasteiger partial charge on any atom is 0.165 e. The van der Waals surface area contributed by atoms with Crippen molar-refractivity contribution in [1.82, 2.24) is 0 Å². The standard InChI is InChI=1S/C12H13FO2/c13-11-6-2-5-10(7-14)12(11)15-8-9-3-1-4-9/h2,5-7,9H,1,3-4,8H2. The van der Waals surface area contributed by atoms with E-state index in [-0.39, 0.29) is 11.3 Å². The van der Waals surface area contributed by atoms with Gasteiger partial charge in [-0.25, -0.2) is 4.39 Å². The maximum absolute atomic E-state index is 13.3. The molecule has 0 spiro atoms. The molecule has 1 aliphatic rings. The molecule has 1 aliphatic carbocycles. The van der Waals surface area contributed by atoms with Crippen LogP contribution < -0.4 is 4.74 Å². The normalized spacial score (nSPS) is 15.8. The van der Waals surface area contributed by atoms with Gasteiger partial charge in [0.15, 0.2) is 17.9 Å². The van der Waals surface area contributed by atoms with Crippen LogP contribution in [0.3, 0.4) is 0 Å². The van der Waals surface area contributed by atoms with Crippen molar-refractivity contribution in [3.8, 4) is 5.75 Å². The van der Waals surface area contributed by atoms with E-state index in [9.17, 15) is 9.18 Å². The van der Waals surface area contributed by atoms with Crippen LogP contribution in [0.2, 0.25) is 0 Å². The number of hydrogen-bond donors (Lipinski definition) is 0. The van der Waals surface area contributed by atoms with Gasteiger partial charge in [0.1, 0.15) is 0 Å². The molecule has 1 saturated carbocycles. The molecule has 0 aliphatic heterocycles. The lowest BCUT2D eigenvalue weighted by molar-refractivity contribution is 0.111. The van der Waals surface area contributed by atoms with Gasteiger partial charge in [-0.1, -0.05) is 12.5 Å². The van der Waals surface area contributed by atoms with E-state index in [1.165, 1.54) is 18.6 Å². The van der Waals surface area contributed by atoms with Gasteiger partial charge in [0, 0.05) is 0 Å². The lowest BCUT2D eigenvalue weighted by Crippen LogP contribution is -2.20. The minimum atomic E-state index is -0.459. The van der Waals surface area contributed by atoms with Gasteiger partial charge in [0.25, 0.3) is 0 Å². The molecule has 0 unspecified atom stereocenters. The number of para-hydroxylation sites is 1. The predicted molar refractivity (Wildman–Crippen MR) is 54.6 cm³/mol. The van der Waals surface area contributed by atoms with E-state index in [1.807, 2.05) is 0 Å². The topological polar surface area (TPSA) is 26.3 Å². The Morgan fingerprint density at radius 2 is 2.27 bits per heavy atom. The van der Waals surface area contributed by atoms with E-state index in [0.29, 0.717) is 18.8 Å². The average Bonchev–Trinajstić information content (AvgIpc) is 2.17. The second-order valence-electron chi connectivity index (χ2n) is 3.88. The summed E-state index contributed by atoms with van der Waals surface area (Å²) in [6.07, 6.45) is 4.14. The molecule has 1 aromatic rings. The summed E-state index contributed by atoms with van der Waals surface area (Å²) in [6, 6.07) is 4.38. The van der Waals surface area contributed by atoms with Gasteiger partial charge in [0.2, 0.25) is 0 Å². The molecule has 0 bridgehead atoms. The summed E-state index contributed by atoms with van der Waals surface area (Å²) in [5, 5.41) is 0. The SMILES string of the molecule is O=Cc1cccc(F)c1OCC1CCC1. The van der Waals surface area contributed by atoms with Crippen LogP contribution in [0.15, 0.2) is 18.2 Å². The Hall–Kier alpha value is -1.38. The third-order valence-electron chi connectivity index (χ3n) is 2.81. The molecule has 3 heteroatoms. The molecule has 0 atom stereocenters. The maximum atomic E-state index is 13.3. The quantitative estimate of drug-likeness (QED) is 0.711. The van der Waals surface area contributed by atoms with Crippen molar-refractivity contribution in [2.75, 3.05) is 6.61 Å². The Balaban J connectivity index is 2.07. The van der Waals surface area contributed by atoms with Crippen molar-refractivity contribution in [3.63, 3.8) is 0 Å². The van der Waals surface area contributed by atoms with Crippen molar-refractivity contribution in [2.45, 2.75) is 19.3 Å². The molecule has 0 saturated heterocycles. The summed E-state index contributed by atoms with van der Waals surface area (Å²) >= 11 is 0. The van der Waals surface area contributed by atoms with Gasteiger partial charge in [-0.05, 0) is 30.9 Å². The fourth-order valence-corrected chi connectivity index (χ4v) is 1.63. The van der Waals surface area contributed by atoms with Gasteiger partial charge < -0.3 is 4.74 Å². The Morgan fingerprint density at radius 1 is 1.47 bits per heavy atom. The molecular weight excluding hydrogens is 195 g/mol. The molecule has 2 nitrogen and oxygen atoms in total. The van der Waals surface area contributed by atoms with Gasteiger partial charge >= 0.3 is 0 Å². The number of carbonyl (C=O) groups is 1. The summed E-state index contributed by atoms with van der Waals surface area (Å²) in [7, 11) is 0. The molecule has 0 amide bonds. The van der Waals surface area contributed by atoms with E-state index in [0.717, 1.165) is 12.8 Å². The van der Waals surface area contributed by atoms with Crippen molar-refractivity contribution in [3.05, 3.63) is 29.6 Å². The van der Waals surface area contributed by atoms with E-state index in [2.05, 4.69) is 0 Å². The molecule has 0 aromatic heterocycles. The van der Waals surface area contributed by atoms with E-state index in [1.54, 1.807) is 6.07 Å². The number of rotatable bonds is 4. The number of carbonyl (C=O) groups excluding carboxylic acids is 1. The molecule has 0 radical (unpaired) electrons. The first-order valence-electron chi connectivity index (χ1n) is 5.17. The lowest BCUT2D eigenvalue weighted by atomic mass is 9.86. The highest BCUT2D eigenvalue weighted by molar-refractivity contribution is 5.79. The zero-order valence-corrected chi connectivity index (χ0v) is 8.41. The first-order chi connectivity index (χ1) is 7.31. The molecule has 0 N–H and O–H groups in total. The van der Waals surface area contributed by atoms with Crippen molar-refractivity contribution < 1.29 is 13.9 Å². The fourth-order valence-electron chi connectivity index (χ4n) is 1.63. The summed E-state index contributed by atoms with van der Waals surface area (Å²) < 4.78 is 18.7. The zero-order valence-electron chi connectivity index (χ0n) is 8.41. The van der Waals surface area contributed by atoms with Crippen LogP contribution in [0.1, 0.15) is 29.6 Å². The predicted octanol–water partition coefficient (Wildman–Crippen LogP) is 2.82. The summed E-state index contributed by atoms with van der Waals surface area (Å²) in [6.45, 7) is 0.516. The van der Waals surface area contributed by atoms with Crippen molar-refractivity contribution >= 4 is 6.29 Å². The zero-order chi connectivity index (χ0) is 10.7. The van der Waals surface area contributed by atoms with Gasteiger partial charge in [0.05, 0.1) is 12.2 Å². The molecule has 0 heterocycles. The first-order valence-corrected chi connectivity index (χ1v) is 5.17. The van der Waals surface area contributed by atoms with Crippen LogP contribution >= 0.6 is 0 Å². The number of benzene rings is 1. The Morgan fingerprint density at radius 3 is 2.87 bits per heavy atom. The number of hydrogen-bond acceptors (Lipinski definition) is 2. The molecule has 15 heavy (non-hydrogen) atoms. The van der Waals surface area contributed by atoms with E-state index in [4.69, 9.17) is 4.74 Å². The highest BCUT2D eigenvalue weighted by Gasteiger charge is 2.19. The monoisotopic (exact) mass is 208 g/mol. The minimum absolute atomic E-state index is 0.0967. The van der Waals surface area contributed by atoms with Gasteiger partial charge in [-0.2, -0.15) is 0 Å². The summed E-state index contributed by atoms with van der Waals surface area (Å²) in [5.41, 5.74) is 0.286. The van der Waals surface area contributed by atoms with E-state index >= 15 is 0 Å². The first kappa shape index (κ1) is 10.1. The Bertz CT molecular complexity index is 359. The van der Waals surface area contributed by atoms with Gasteiger partial charge in [-0.3, -0.25) is 4.79 Å². The lowest BCUT2D eigenvalue weighted by Gasteiger charge is -2.25. The Kier molecular flexibility index (Phi) is 2.99. The average molecular weight is 208 g/mol. The fraction of sp³-hybridized carbons (Fsp3) is 0.417. The molecule has 80 valence electrons. The molecule has 1 aromatic carbocycles. The van der Waals surface area contributed by atoms with Gasteiger partial charge in [-0.15, -0.1) is 0 Å². The van der Waals surface area contributed by atoms with Crippen LogP contribution in [-0.2, 0) is 0 Å². The third kappa shape index (κ3) is 2.17. The molecule has 1 fully saturated rings.